The fraction of sp³-hybridized carbons (Fsp3) is 1.00. The molecule has 0 aromatic rings. The van der Waals surface area contributed by atoms with Gasteiger partial charge in [0.1, 0.15) is 0 Å². The maximum atomic E-state index is 5.23. The van der Waals surface area contributed by atoms with Crippen molar-refractivity contribution in [3.8, 4) is 0 Å². The van der Waals surface area contributed by atoms with Gasteiger partial charge in [0.05, 0.1) is 0 Å². The molecule has 0 radical (unpaired) electrons. The van der Waals surface area contributed by atoms with Crippen LogP contribution in [0.4, 0.5) is 0 Å². The summed E-state index contributed by atoms with van der Waals surface area (Å²) in [4.78, 5) is 0. The van der Waals surface area contributed by atoms with Gasteiger partial charge in [-0.15, -0.1) is 23.2 Å². The third kappa shape index (κ3) is 33.4. The van der Waals surface area contributed by atoms with E-state index in [1.165, 1.54) is 0 Å². The van der Waals surface area contributed by atoms with Crippen LogP contribution < -0.4 is 0 Å². The standard InChI is InChI=1S/2C3H7ClS.Pt/c2*4-2-1-3-5;/h2*5H,1-3H2;/q;;+2/p-2. The maximum absolute atomic E-state index is 5.23. The summed E-state index contributed by atoms with van der Waals surface area (Å²) in [6, 6.07) is 0. The largest absolute Gasteiger partial charge is 2.00 e. The van der Waals surface area contributed by atoms with E-state index in [4.69, 9.17) is 23.2 Å². The molecule has 0 aliphatic heterocycles. The first-order chi connectivity index (χ1) is 4.83. The predicted molar refractivity (Wildman–Crippen MR) is 55.1 cm³/mol. The Kier molecular flexibility index (Phi) is 38.5. The fourth-order valence-electron chi connectivity index (χ4n) is 0.109. The van der Waals surface area contributed by atoms with Gasteiger partial charge < -0.3 is 25.3 Å². The van der Waals surface area contributed by atoms with E-state index in [2.05, 4.69) is 25.3 Å². The Hall–Kier alpha value is 1.97. The van der Waals surface area contributed by atoms with E-state index in [0.29, 0.717) is 11.8 Å². The third-order valence-electron chi connectivity index (χ3n) is 0.556. The van der Waals surface area contributed by atoms with Crippen LogP contribution >= 0.6 is 23.2 Å². The molecule has 0 aliphatic rings. The molecule has 0 amide bonds. The number of alkyl halides is 2. The van der Waals surface area contributed by atoms with Crippen molar-refractivity contribution in [1.29, 1.82) is 0 Å². The van der Waals surface area contributed by atoms with Crippen molar-refractivity contribution in [1.82, 2.24) is 0 Å². The second kappa shape index (κ2) is 22.7. The van der Waals surface area contributed by atoms with E-state index < -0.39 is 0 Å². The fourth-order valence-corrected chi connectivity index (χ4v) is 0.982. The van der Waals surface area contributed by atoms with Crippen LogP contribution in [0.3, 0.4) is 0 Å². The zero-order valence-corrected chi connectivity index (χ0v) is 11.5. The molecule has 0 saturated carbocycles. The molecule has 0 aromatic heterocycles. The summed E-state index contributed by atoms with van der Waals surface area (Å²) in [7, 11) is 0. The first-order valence-electron chi connectivity index (χ1n) is 3.11. The monoisotopic (exact) mass is 413 g/mol. The molecular weight excluding hydrogens is 402 g/mol. The second-order valence-electron chi connectivity index (χ2n) is 1.49. The van der Waals surface area contributed by atoms with E-state index in [1.54, 1.807) is 0 Å². The molecule has 0 aromatic carbocycles. The summed E-state index contributed by atoms with van der Waals surface area (Å²) in [6.07, 6.45) is 1.94. The molecule has 5 heteroatoms. The minimum absolute atomic E-state index is 0. The normalized spacial score (nSPS) is 7.64. The van der Waals surface area contributed by atoms with Crippen LogP contribution in [0.5, 0.6) is 0 Å². The van der Waals surface area contributed by atoms with Crippen molar-refractivity contribution >= 4 is 48.5 Å². The predicted octanol–water partition coefficient (Wildman–Crippen LogP) is 2.32. The summed E-state index contributed by atoms with van der Waals surface area (Å²) < 4.78 is 0. The Morgan fingerprint density at radius 1 is 0.818 bits per heavy atom. The smallest absolute Gasteiger partial charge is 0.793 e. The van der Waals surface area contributed by atoms with Gasteiger partial charge in [-0.3, -0.25) is 0 Å². The van der Waals surface area contributed by atoms with Gasteiger partial charge in [0.15, 0.2) is 0 Å². The van der Waals surface area contributed by atoms with Crippen LogP contribution in [0.15, 0.2) is 0 Å². The Balaban J connectivity index is -0.000000107. The summed E-state index contributed by atoms with van der Waals surface area (Å²) in [5.41, 5.74) is 0. The van der Waals surface area contributed by atoms with Gasteiger partial charge in [0.2, 0.25) is 0 Å². The van der Waals surface area contributed by atoms with Crippen LogP contribution in [0, 0.1) is 0 Å². The van der Waals surface area contributed by atoms with E-state index in [1.807, 2.05) is 0 Å². The van der Waals surface area contributed by atoms with Crippen LogP contribution in [0.25, 0.3) is 0 Å². The Morgan fingerprint density at radius 3 is 1.09 bits per heavy atom. The molecule has 0 aliphatic carbocycles. The molecule has 11 heavy (non-hydrogen) atoms. The van der Waals surface area contributed by atoms with E-state index in [-0.39, 0.29) is 21.1 Å². The number of hydrogen-bond acceptors (Lipinski definition) is 2. The van der Waals surface area contributed by atoms with Gasteiger partial charge in [-0.2, -0.15) is 11.5 Å². The SMILES string of the molecule is [Pt+2].[S-]CCCCl.[S-]CCCCl. The molecule has 0 fully saturated rings. The minimum Gasteiger partial charge on any atom is -0.793 e. The van der Waals surface area contributed by atoms with Crippen LogP contribution in [0.1, 0.15) is 12.8 Å². The van der Waals surface area contributed by atoms with Crippen molar-refractivity contribution in [2.75, 3.05) is 23.3 Å². The number of halogens is 2. The zero-order valence-electron chi connectivity index (χ0n) is 6.13. The van der Waals surface area contributed by atoms with Gasteiger partial charge in [0.25, 0.3) is 0 Å². The van der Waals surface area contributed by atoms with Gasteiger partial charge in [-0.1, -0.05) is 12.8 Å². The number of hydrogen-bond donors (Lipinski definition) is 0. The summed E-state index contributed by atoms with van der Waals surface area (Å²) in [5, 5.41) is 0. The molecule has 0 bridgehead atoms. The van der Waals surface area contributed by atoms with Crippen molar-refractivity contribution in [2.45, 2.75) is 12.8 Å². The average molecular weight is 414 g/mol. The van der Waals surface area contributed by atoms with Crippen molar-refractivity contribution in [3.05, 3.63) is 0 Å². The summed E-state index contributed by atoms with van der Waals surface area (Å²) in [5.74, 6) is 3.01. The molecule has 0 spiro atoms. The van der Waals surface area contributed by atoms with E-state index >= 15 is 0 Å². The Morgan fingerprint density at radius 2 is 1.09 bits per heavy atom. The Labute approximate surface area is 105 Å². The van der Waals surface area contributed by atoms with Crippen LogP contribution in [0.2, 0.25) is 0 Å². The molecule has 0 heterocycles. The molecule has 0 saturated heterocycles. The first-order valence-corrected chi connectivity index (χ1v) is 5.34. The maximum Gasteiger partial charge on any atom is 2.00 e. The summed E-state index contributed by atoms with van der Waals surface area (Å²) in [6.45, 7) is 0. The van der Waals surface area contributed by atoms with Gasteiger partial charge in [-0.05, 0) is 0 Å². The van der Waals surface area contributed by atoms with Crippen molar-refractivity contribution < 1.29 is 21.1 Å². The molecular formula is C6H12Cl2PtS2. The molecule has 72 valence electrons. The zero-order chi connectivity index (χ0) is 8.24. The second-order valence-corrected chi connectivity index (χ2v) is 3.07. The third-order valence-corrected chi connectivity index (χ3v) is 1.67. The van der Waals surface area contributed by atoms with Gasteiger partial charge in [0, 0.05) is 11.8 Å². The van der Waals surface area contributed by atoms with Crippen LogP contribution in [-0.2, 0) is 46.3 Å². The summed E-state index contributed by atoms with van der Waals surface area (Å²) >= 11 is 19.6. The first kappa shape index (κ1) is 18.7. The van der Waals surface area contributed by atoms with Gasteiger partial charge >= 0.3 is 21.1 Å². The van der Waals surface area contributed by atoms with Crippen molar-refractivity contribution in [3.63, 3.8) is 0 Å². The molecule has 0 nitrogen and oxygen atoms in total. The molecule has 0 atom stereocenters. The quantitative estimate of drug-likeness (QED) is 0.512. The van der Waals surface area contributed by atoms with E-state index in [0.717, 1.165) is 24.3 Å². The molecule has 0 N–H and O–H groups in total. The van der Waals surface area contributed by atoms with Crippen LogP contribution in [-0.4, -0.2) is 23.3 Å². The topological polar surface area (TPSA) is 0 Å². The van der Waals surface area contributed by atoms with Crippen molar-refractivity contribution in [2.24, 2.45) is 0 Å². The average Bonchev–Trinajstić information content (AvgIpc) is 1.93. The Bertz CT molecular complexity index is 39.6. The molecule has 0 unspecified atom stereocenters. The van der Waals surface area contributed by atoms with Gasteiger partial charge in [-0.25, -0.2) is 0 Å². The number of rotatable bonds is 4. The minimum atomic E-state index is 0. The molecule has 0 rings (SSSR count). The van der Waals surface area contributed by atoms with E-state index in [9.17, 15) is 0 Å².